The summed E-state index contributed by atoms with van der Waals surface area (Å²) in [6.45, 7) is 4.31. The molecule has 0 aliphatic heterocycles. The molecule has 1 amide bonds. The molecule has 0 atom stereocenters. The van der Waals surface area contributed by atoms with Gasteiger partial charge in [-0.15, -0.1) is 11.8 Å². The highest BCUT2D eigenvalue weighted by molar-refractivity contribution is 5.80. The van der Waals surface area contributed by atoms with Crippen molar-refractivity contribution in [2.45, 2.75) is 26.2 Å². The van der Waals surface area contributed by atoms with Crippen LogP contribution in [0.4, 0.5) is 0 Å². The van der Waals surface area contributed by atoms with Crippen LogP contribution in [-0.2, 0) is 4.79 Å². The Hall–Kier alpha value is -1.01. The molecule has 2 N–H and O–H groups in total. The van der Waals surface area contributed by atoms with E-state index in [0.717, 1.165) is 38.9 Å². The third-order valence-corrected chi connectivity index (χ3v) is 2.15. The highest BCUT2D eigenvalue weighted by Gasteiger charge is 2.28. The second-order valence-corrected chi connectivity index (χ2v) is 3.49. The predicted octanol–water partition coefficient (Wildman–Crippen LogP) is 0.516. The summed E-state index contributed by atoms with van der Waals surface area (Å²) in [5.74, 6) is 6.36. The van der Waals surface area contributed by atoms with Crippen LogP contribution in [0, 0.1) is 17.8 Å². The first-order chi connectivity index (χ1) is 6.84. The van der Waals surface area contributed by atoms with Gasteiger partial charge in [-0.25, -0.2) is 0 Å². The van der Waals surface area contributed by atoms with Crippen LogP contribution < -0.4 is 10.6 Å². The van der Waals surface area contributed by atoms with Crippen LogP contribution >= 0.6 is 0 Å². The first kappa shape index (κ1) is 11.1. The van der Waals surface area contributed by atoms with Gasteiger partial charge in [0.15, 0.2) is 0 Å². The highest BCUT2D eigenvalue weighted by Crippen LogP contribution is 2.28. The summed E-state index contributed by atoms with van der Waals surface area (Å²) in [6.07, 6.45) is 3.03. The summed E-state index contributed by atoms with van der Waals surface area (Å²) in [5.41, 5.74) is 0. The lowest BCUT2D eigenvalue weighted by Crippen LogP contribution is -2.32. The highest BCUT2D eigenvalue weighted by atomic mass is 16.2. The van der Waals surface area contributed by atoms with Crippen LogP contribution in [-0.4, -0.2) is 25.5 Å². The third kappa shape index (κ3) is 4.88. The zero-order chi connectivity index (χ0) is 10.2. The minimum absolute atomic E-state index is 0.222. The maximum Gasteiger partial charge on any atom is 0.223 e. The van der Waals surface area contributed by atoms with Crippen molar-refractivity contribution in [3.63, 3.8) is 0 Å². The van der Waals surface area contributed by atoms with Crippen molar-refractivity contribution < 1.29 is 4.79 Å². The third-order valence-electron chi connectivity index (χ3n) is 2.15. The molecule has 1 aliphatic carbocycles. The van der Waals surface area contributed by atoms with E-state index in [9.17, 15) is 4.79 Å². The van der Waals surface area contributed by atoms with Crippen molar-refractivity contribution in [1.82, 2.24) is 10.6 Å². The molecule has 0 unspecified atom stereocenters. The molecule has 0 spiro atoms. The minimum atomic E-state index is 0.222. The first-order valence-electron chi connectivity index (χ1n) is 5.22. The van der Waals surface area contributed by atoms with Crippen molar-refractivity contribution in [3.8, 4) is 11.8 Å². The fourth-order valence-corrected chi connectivity index (χ4v) is 1.16. The Morgan fingerprint density at radius 2 is 2.14 bits per heavy atom. The van der Waals surface area contributed by atoms with Crippen LogP contribution in [0.3, 0.4) is 0 Å². The van der Waals surface area contributed by atoms with Gasteiger partial charge >= 0.3 is 0 Å². The quantitative estimate of drug-likeness (QED) is 0.478. The van der Waals surface area contributed by atoms with E-state index in [1.54, 1.807) is 0 Å². The van der Waals surface area contributed by atoms with Gasteiger partial charge in [0.2, 0.25) is 5.91 Å². The molecule has 1 rings (SSSR count). The molecule has 0 aromatic heterocycles. The molecule has 3 nitrogen and oxygen atoms in total. The number of carbonyl (C=O) groups excluding carboxylic acids is 1. The van der Waals surface area contributed by atoms with Crippen molar-refractivity contribution in [3.05, 3.63) is 0 Å². The molecule has 0 aromatic rings. The SMILES string of the molecule is CC#CCCNCCNC(=O)C1CC1. The van der Waals surface area contributed by atoms with Gasteiger partial charge in [0.25, 0.3) is 0 Å². The van der Waals surface area contributed by atoms with E-state index in [0.29, 0.717) is 5.92 Å². The Morgan fingerprint density at radius 3 is 2.79 bits per heavy atom. The molecule has 0 heterocycles. The first-order valence-corrected chi connectivity index (χ1v) is 5.22. The zero-order valence-electron chi connectivity index (χ0n) is 8.73. The normalized spacial score (nSPS) is 14.4. The number of hydrogen-bond acceptors (Lipinski definition) is 2. The Kier molecular flexibility index (Phi) is 5.09. The van der Waals surface area contributed by atoms with Gasteiger partial charge in [-0.05, 0) is 19.8 Å². The summed E-state index contributed by atoms with van der Waals surface area (Å²) in [7, 11) is 0. The minimum Gasteiger partial charge on any atom is -0.355 e. The molecule has 1 aliphatic rings. The molecule has 0 aromatic carbocycles. The van der Waals surface area contributed by atoms with Crippen LogP contribution in [0.2, 0.25) is 0 Å². The van der Waals surface area contributed by atoms with E-state index in [-0.39, 0.29) is 5.91 Å². The van der Waals surface area contributed by atoms with Crippen molar-refractivity contribution in [1.29, 1.82) is 0 Å². The second kappa shape index (κ2) is 6.44. The van der Waals surface area contributed by atoms with E-state index in [1.807, 2.05) is 6.92 Å². The van der Waals surface area contributed by atoms with Crippen molar-refractivity contribution >= 4 is 5.91 Å². The Balaban J connectivity index is 1.83. The molecule has 0 saturated heterocycles. The fourth-order valence-electron chi connectivity index (χ4n) is 1.16. The molecule has 3 heteroatoms. The summed E-state index contributed by atoms with van der Waals surface area (Å²) < 4.78 is 0. The van der Waals surface area contributed by atoms with Gasteiger partial charge in [0.05, 0.1) is 0 Å². The van der Waals surface area contributed by atoms with E-state index < -0.39 is 0 Å². The smallest absolute Gasteiger partial charge is 0.223 e. The number of carbonyl (C=O) groups is 1. The van der Waals surface area contributed by atoms with E-state index in [1.165, 1.54) is 0 Å². The monoisotopic (exact) mass is 194 g/mol. The molecular weight excluding hydrogens is 176 g/mol. The van der Waals surface area contributed by atoms with Gasteiger partial charge in [0, 0.05) is 32.0 Å². The van der Waals surface area contributed by atoms with Gasteiger partial charge in [-0.2, -0.15) is 0 Å². The number of rotatable bonds is 6. The second-order valence-electron chi connectivity index (χ2n) is 3.49. The molecule has 0 radical (unpaired) electrons. The fraction of sp³-hybridized carbons (Fsp3) is 0.727. The molecule has 0 bridgehead atoms. The average Bonchev–Trinajstić information content (AvgIpc) is 2.99. The van der Waals surface area contributed by atoms with E-state index >= 15 is 0 Å². The van der Waals surface area contributed by atoms with Gasteiger partial charge < -0.3 is 10.6 Å². The Bertz CT molecular complexity index is 235. The molecule has 1 fully saturated rings. The Labute approximate surface area is 85.6 Å². The summed E-state index contributed by atoms with van der Waals surface area (Å²) >= 11 is 0. The maximum atomic E-state index is 11.2. The van der Waals surface area contributed by atoms with E-state index in [2.05, 4.69) is 22.5 Å². The standard InChI is InChI=1S/C11H18N2O/c1-2-3-4-7-12-8-9-13-11(14)10-5-6-10/h10,12H,4-9H2,1H3,(H,13,14). The lowest BCUT2D eigenvalue weighted by Gasteiger charge is -2.04. The lowest BCUT2D eigenvalue weighted by atomic mass is 10.4. The maximum absolute atomic E-state index is 11.2. The van der Waals surface area contributed by atoms with Gasteiger partial charge in [-0.1, -0.05) is 0 Å². The van der Waals surface area contributed by atoms with Gasteiger partial charge in [0.1, 0.15) is 0 Å². The number of amides is 1. The lowest BCUT2D eigenvalue weighted by molar-refractivity contribution is -0.122. The molecule has 14 heavy (non-hydrogen) atoms. The average molecular weight is 194 g/mol. The largest absolute Gasteiger partial charge is 0.355 e. The molecule has 1 saturated carbocycles. The van der Waals surface area contributed by atoms with Crippen LogP contribution in [0.25, 0.3) is 0 Å². The molecular formula is C11H18N2O. The van der Waals surface area contributed by atoms with Crippen LogP contribution in [0.1, 0.15) is 26.2 Å². The number of hydrogen-bond donors (Lipinski definition) is 2. The van der Waals surface area contributed by atoms with Crippen molar-refractivity contribution in [2.24, 2.45) is 5.92 Å². The zero-order valence-corrected chi connectivity index (χ0v) is 8.73. The van der Waals surface area contributed by atoms with Crippen LogP contribution in [0.15, 0.2) is 0 Å². The summed E-state index contributed by atoms with van der Waals surface area (Å²) in [5, 5.41) is 6.12. The van der Waals surface area contributed by atoms with Crippen LogP contribution in [0.5, 0.6) is 0 Å². The molecule has 78 valence electrons. The van der Waals surface area contributed by atoms with Crippen molar-refractivity contribution in [2.75, 3.05) is 19.6 Å². The summed E-state index contributed by atoms with van der Waals surface area (Å²) in [6, 6.07) is 0. The van der Waals surface area contributed by atoms with Gasteiger partial charge in [-0.3, -0.25) is 4.79 Å². The predicted molar refractivity (Wildman–Crippen MR) is 56.7 cm³/mol. The topological polar surface area (TPSA) is 41.1 Å². The van der Waals surface area contributed by atoms with E-state index in [4.69, 9.17) is 0 Å². The summed E-state index contributed by atoms with van der Waals surface area (Å²) in [4.78, 5) is 11.2. The Morgan fingerprint density at radius 1 is 1.36 bits per heavy atom. The number of nitrogens with one attached hydrogen (secondary N) is 2.